The van der Waals surface area contributed by atoms with Crippen LogP contribution in [-0.2, 0) is 4.74 Å². The highest BCUT2D eigenvalue weighted by molar-refractivity contribution is 7.03. The van der Waals surface area contributed by atoms with Crippen LogP contribution in [0.15, 0.2) is 5.38 Å². The maximum Gasteiger partial charge on any atom is 0.408 e. The molecule has 1 heterocycles. The number of carbonyl (C=O) groups excluding carboxylic acids is 1. The second kappa shape index (κ2) is 4.57. The topological polar surface area (TPSA) is 64.1 Å². The van der Waals surface area contributed by atoms with Crippen LogP contribution in [-0.4, -0.2) is 21.3 Å². The van der Waals surface area contributed by atoms with Gasteiger partial charge in [0.25, 0.3) is 0 Å². The van der Waals surface area contributed by atoms with E-state index in [1.807, 2.05) is 27.7 Å². The average Bonchev–Trinajstić information content (AvgIpc) is 2.50. The molecule has 0 fully saturated rings. The Kier molecular flexibility index (Phi) is 3.62. The largest absolute Gasteiger partial charge is 0.444 e. The Hall–Kier alpha value is -1.17. The fourth-order valence-corrected chi connectivity index (χ4v) is 1.47. The summed E-state index contributed by atoms with van der Waals surface area (Å²) in [7, 11) is 0. The molecule has 1 aromatic heterocycles. The molecule has 84 valence electrons. The number of nitrogens with zero attached hydrogens (tertiary/aromatic N) is 2. The van der Waals surface area contributed by atoms with Gasteiger partial charge in [0.2, 0.25) is 0 Å². The van der Waals surface area contributed by atoms with Gasteiger partial charge in [0.05, 0.1) is 11.7 Å². The molecule has 5 nitrogen and oxygen atoms in total. The molecule has 0 aromatic carbocycles. The maximum atomic E-state index is 11.4. The van der Waals surface area contributed by atoms with Crippen LogP contribution in [0.3, 0.4) is 0 Å². The second-order valence-electron chi connectivity index (χ2n) is 4.20. The van der Waals surface area contributed by atoms with Crippen LogP contribution in [0, 0.1) is 0 Å². The van der Waals surface area contributed by atoms with Crippen LogP contribution >= 0.6 is 11.5 Å². The summed E-state index contributed by atoms with van der Waals surface area (Å²) in [6.07, 6.45) is -0.442. The molecular weight excluding hydrogens is 214 g/mol. The van der Waals surface area contributed by atoms with Crippen LogP contribution < -0.4 is 5.32 Å². The monoisotopic (exact) mass is 229 g/mol. The van der Waals surface area contributed by atoms with E-state index in [-0.39, 0.29) is 6.04 Å². The van der Waals surface area contributed by atoms with Gasteiger partial charge in [-0.1, -0.05) is 4.49 Å². The first-order chi connectivity index (χ1) is 6.88. The van der Waals surface area contributed by atoms with Crippen molar-refractivity contribution in [3.8, 4) is 0 Å². The minimum atomic E-state index is -0.482. The van der Waals surface area contributed by atoms with Crippen molar-refractivity contribution in [3.05, 3.63) is 11.1 Å². The minimum absolute atomic E-state index is 0.182. The summed E-state index contributed by atoms with van der Waals surface area (Å²) in [6.45, 7) is 7.30. The van der Waals surface area contributed by atoms with Crippen LogP contribution in [0.25, 0.3) is 0 Å². The molecule has 0 radical (unpaired) electrons. The molecule has 1 rings (SSSR count). The van der Waals surface area contributed by atoms with Gasteiger partial charge in [0.1, 0.15) is 5.60 Å². The summed E-state index contributed by atoms with van der Waals surface area (Å²) in [5, 5.41) is 8.34. The number of hydrogen-bond acceptors (Lipinski definition) is 5. The zero-order valence-corrected chi connectivity index (χ0v) is 10.1. The van der Waals surface area contributed by atoms with E-state index in [1.54, 1.807) is 5.38 Å². The summed E-state index contributed by atoms with van der Waals surface area (Å²) >= 11 is 1.25. The molecule has 0 spiro atoms. The molecule has 0 saturated heterocycles. The van der Waals surface area contributed by atoms with Crippen LogP contribution in [0.4, 0.5) is 4.79 Å². The van der Waals surface area contributed by atoms with Crippen molar-refractivity contribution in [2.75, 3.05) is 0 Å². The Bertz CT molecular complexity index is 319. The summed E-state index contributed by atoms with van der Waals surface area (Å²) in [5.74, 6) is 0. The molecule has 0 bridgehead atoms. The molecule has 6 heteroatoms. The quantitative estimate of drug-likeness (QED) is 0.843. The van der Waals surface area contributed by atoms with Crippen molar-refractivity contribution in [2.24, 2.45) is 0 Å². The highest BCUT2D eigenvalue weighted by atomic mass is 32.1. The second-order valence-corrected chi connectivity index (χ2v) is 4.81. The van der Waals surface area contributed by atoms with E-state index in [9.17, 15) is 4.79 Å². The van der Waals surface area contributed by atoms with Crippen molar-refractivity contribution >= 4 is 17.6 Å². The number of amides is 1. The van der Waals surface area contributed by atoms with Crippen LogP contribution in [0.5, 0.6) is 0 Å². The van der Waals surface area contributed by atoms with Crippen molar-refractivity contribution in [1.82, 2.24) is 14.9 Å². The zero-order chi connectivity index (χ0) is 11.5. The summed E-state index contributed by atoms with van der Waals surface area (Å²) in [5.41, 5.74) is 0.260. The van der Waals surface area contributed by atoms with Crippen molar-refractivity contribution < 1.29 is 9.53 Å². The molecular formula is C9H15N3O2S. The number of rotatable bonds is 2. The SMILES string of the molecule is CC(NC(=O)OC(C)(C)C)c1csnn1. The van der Waals surface area contributed by atoms with Gasteiger partial charge >= 0.3 is 6.09 Å². The van der Waals surface area contributed by atoms with Gasteiger partial charge in [0.15, 0.2) is 0 Å². The predicted octanol–water partition coefficient (Wildman–Crippen LogP) is 2.12. The third kappa shape index (κ3) is 4.24. The fourth-order valence-electron chi connectivity index (χ4n) is 0.919. The van der Waals surface area contributed by atoms with Gasteiger partial charge < -0.3 is 10.1 Å². The summed E-state index contributed by atoms with van der Waals surface area (Å²) in [6, 6.07) is -0.182. The Morgan fingerprint density at radius 3 is 2.73 bits per heavy atom. The Balaban J connectivity index is 2.45. The molecule has 1 unspecified atom stereocenters. The summed E-state index contributed by atoms with van der Waals surface area (Å²) in [4.78, 5) is 11.4. The van der Waals surface area contributed by atoms with E-state index in [2.05, 4.69) is 14.9 Å². The molecule has 1 amide bonds. The van der Waals surface area contributed by atoms with Crippen LogP contribution in [0.2, 0.25) is 0 Å². The third-order valence-corrected chi connectivity index (χ3v) is 2.08. The molecule has 0 aliphatic carbocycles. The van der Waals surface area contributed by atoms with Crippen molar-refractivity contribution in [2.45, 2.75) is 39.3 Å². The minimum Gasteiger partial charge on any atom is -0.444 e. The molecule has 1 atom stereocenters. The first-order valence-electron chi connectivity index (χ1n) is 4.65. The normalized spacial score (nSPS) is 13.3. The molecule has 0 saturated carbocycles. The number of alkyl carbamates (subject to hydrolysis) is 1. The first kappa shape index (κ1) is 11.9. The lowest BCUT2D eigenvalue weighted by Crippen LogP contribution is -2.34. The Labute approximate surface area is 93.0 Å². The van der Waals surface area contributed by atoms with Crippen molar-refractivity contribution in [3.63, 3.8) is 0 Å². The van der Waals surface area contributed by atoms with E-state index >= 15 is 0 Å². The Morgan fingerprint density at radius 2 is 2.27 bits per heavy atom. The Morgan fingerprint density at radius 1 is 1.60 bits per heavy atom. The number of carbonyl (C=O) groups is 1. The van der Waals surface area contributed by atoms with Gasteiger partial charge in [0, 0.05) is 5.38 Å². The third-order valence-electron chi connectivity index (χ3n) is 1.55. The lowest BCUT2D eigenvalue weighted by molar-refractivity contribution is 0.0507. The molecule has 0 aliphatic rings. The number of hydrogen-bond donors (Lipinski definition) is 1. The molecule has 1 N–H and O–H groups in total. The first-order valence-corrected chi connectivity index (χ1v) is 5.48. The standard InChI is InChI=1S/C9H15N3O2S/c1-6(7-5-15-12-11-7)10-8(13)14-9(2,3)4/h5-6H,1-4H3,(H,10,13). The van der Waals surface area contributed by atoms with Gasteiger partial charge in [-0.05, 0) is 39.2 Å². The van der Waals surface area contributed by atoms with Gasteiger partial charge in [-0.3, -0.25) is 0 Å². The number of aromatic nitrogens is 2. The van der Waals surface area contributed by atoms with E-state index in [0.717, 1.165) is 5.69 Å². The smallest absolute Gasteiger partial charge is 0.408 e. The van der Waals surface area contributed by atoms with E-state index in [0.29, 0.717) is 0 Å². The van der Waals surface area contributed by atoms with Gasteiger partial charge in [-0.2, -0.15) is 0 Å². The fraction of sp³-hybridized carbons (Fsp3) is 0.667. The molecule has 15 heavy (non-hydrogen) atoms. The van der Waals surface area contributed by atoms with Gasteiger partial charge in [-0.15, -0.1) is 5.10 Å². The van der Waals surface area contributed by atoms with Crippen molar-refractivity contribution in [1.29, 1.82) is 0 Å². The molecule has 0 aliphatic heterocycles. The lowest BCUT2D eigenvalue weighted by atomic mass is 10.2. The van der Waals surface area contributed by atoms with Gasteiger partial charge in [-0.25, -0.2) is 4.79 Å². The highest BCUT2D eigenvalue weighted by Gasteiger charge is 2.18. The number of ether oxygens (including phenoxy) is 1. The lowest BCUT2D eigenvalue weighted by Gasteiger charge is -2.21. The zero-order valence-electron chi connectivity index (χ0n) is 9.27. The summed E-state index contributed by atoms with van der Waals surface area (Å²) < 4.78 is 8.84. The highest BCUT2D eigenvalue weighted by Crippen LogP contribution is 2.12. The van der Waals surface area contributed by atoms with E-state index in [1.165, 1.54) is 11.5 Å². The number of nitrogens with one attached hydrogen (secondary N) is 1. The van der Waals surface area contributed by atoms with E-state index in [4.69, 9.17) is 4.74 Å². The average molecular weight is 229 g/mol. The van der Waals surface area contributed by atoms with Crippen LogP contribution in [0.1, 0.15) is 39.4 Å². The predicted molar refractivity (Wildman–Crippen MR) is 57.7 cm³/mol. The maximum absolute atomic E-state index is 11.4. The van der Waals surface area contributed by atoms with E-state index < -0.39 is 11.7 Å². The molecule has 1 aromatic rings.